The van der Waals surface area contributed by atoms with Gasteiger partial charge in [0.1, 0.15) is 17.4 Å². The van der Waals surface area contributed by atoms with E-state index in [4.69, 9.17) is 4.74 Å². The van der Waals surface area contributed by atoms with Crippen LogP contribution in [0.2, 0.25) is 0 Å². The van der Waals surface area contributed by atoms with Crippen LogP contribution in [-0.2, 0) is 6.54 Å². The minimum Gasteiger partial charge on any atom is -0.439 e. The van der Waals surface area contributed by atoms with Crippen molar-refractivity contribution in [2.75, 3.05) is 0 Å². The van der Waals surface area contributed by atoms with Crippen LogP contribution in [0.25, 0.3) is 5.82 Å². The first kappa shape index (κ1) is 20.3. The molecule has 0 aliphatic carbocycles. The second-order valence-corrected chi connectivity index (χ2v) is 7.05. The second kappa shape index (κ2) is 8.79. The highest BCUT2D eigenvalue weighted by Crippen LogP contribution is 2.21. The maximum absolute atomic E-state index is 13.0. The SMILES string of the molecule is Cc1cc(C(=O)NCc2ccnc(Oc3ccc(F)cc3)c2)c(C)n1-c1ccccn1. The van der Waals surface area contributed by atoms with Crippen molar-refractivity contribution in [1.29, 1.82) is 0 Å². The molecule has 3 heterocycles. The number of aromatic nitrogens is 3. The molecule has 4 rings (SSSR count). The number of hydrogen-bond donors (Lipinski definition) is 1. The number of carbonyl (C=O) groups is 1. The smallest absolute Gasteiger partial charge is 0.253 e. The Morgan fingerprint density at radius 2 is 1.84 bits per heavy atom. The van der Waals surface area contributed by atoms with E-state index in [-0.39, 0.29) is 11.7 Å². The van der Waals surface area contributed by atoms with E-state index in [1.807, 2.05) is 42.7 Å². The van der Waals surface area contributed by atoms with Gasteiger partial charge in [0.15, 0.2) is 0 Å². The number of amides is 1. The number of benzene rings is 1. The molecule has 156 valence electrons. The first-order valence-electron chi connectivity index (χ1n) is 9.78. The number of nitrogens with one attached hydrogen (secondary N) is 1. The average molecular weight is 416 g/mol. The number of nitrogens with zero attached hydrogens (tertiary/aromatic N) is 3. The van der Waals surface area contributed by atoms with Gasteiger partial charge in [-0.15, -0.1) is 0 Å². The van der Waals surface area contributed by atoms with Crippen molar-refractivity contribution < 1.29 is 13.9 Å². The summed E-state index contributed by atoms with van der Waals surface area (Å²) in [5.74, 6) is 1.12. The predicted molar refractivity (Wildman–Crippen MR) is 115 cm³/mol. The quantitative estimate of drug-likeness (QED) is 0.493. The monoisotopic (exact) mass is 416 g/mol. The zero-order chi connectivity index (χ0) is 21.8. The molecule has 31 heavy (non-hydrogen) atoms. The van der Waals surface area contributed by atoms with E-state index in [1.165, 1.54) is 24.3 Å². The van der Waals surface area contributed by atoms with Gasteiger partial charge in [-0.25, -0.2) is 14.4 Å². The number of aryl methyl sites for hydroxylation is 1. The molecule has 4 aromatic rings. The van der Waals surface area contributed by atoms with E-state index in [2.05, 4.69) is 15.3 Å². The third-order valence-corrected chi connectivity index (χ3v) is 4.84. The summed E-state index contributed by atoms with van der Waals surface area (Å²) in [6, 6.07) is 16.8. The lowest BCUT2D eigenvalue weighted by Crippen LogP contribution is -2.23. The number of pyridine rings is 2. The minimum atomic E-state index is -0.334. The molecule has 0 fully saturated rings. The van der Waals surface area contributed by atoms with Crippen LogP contribution >= 0.6 is 0 Å². The normalized spacial score (nSPS) is 10.7. The molecular formula is C24H21FN4O2. The van der Waals surface area contributed by atoms with Gasteiger partial charge in [0, 0.05) is 36.4 Å². The molecule has 0 saturated carbocycles. The highest BCUT2D eigenvalue weighted by molar-refractivity contribution is 5.95. The van der Waals surface area contributed by atoms with Crippen molar-refractivity contribution >= 4 is 5.91 Å². The van der Waals surface area contributed by atoms with Crippen molar-refractivity contribution in [2.24, 2.45) is 0 Å². The van der Waals surface area contributed by atoms with Gasteiger partial charge in [0.2, 0.25) is 5.88 Å². The first-order valence-corrected chi connectivity index (χ1v) is 9.78. The Kier molecular flexibility index (Phi) is 5.75. The Balaban J connectivity index is 1.45. The van der Waals surface area contributed by atoms with E-state index in [9.17, 15) is 9.18 Å². The topological polar surface area (TPSA) is 69.0 Å². The van der Waals surface area contributed by atoms with Crippen LogP contribution in [0.4, 0.5) is 4.39 Å². The lowest BCUT2D eigenvalue weighted by molar-refractivity contribution is 0.0950. The molecule has 3 aromatic heterocycles. The van der Waals surface area contributed by atoms with Crippen molar-refractivity contribution in [3.8, 4) is 17.4 Å². The third kappa shape index (κ3) is 4.61. The van der Waals surface area contributed by atoms with Crippen molar-refractivity contribution in [2.45, 2.75) is 20.4 Å². The number of hydrogen-bond acceptors (Lipinski definition) is 4. The van der Waals surface area contributed by atoms with Gasteiger partial charge in [-0.1, -0.05) is 6.07 Å². The summed E-state index contributed by atoms with van der Waals surface area (Å²) in [4.78, 5) is 21.4. The summed E-state index contributed by atoms with van der Waals surface area (Å²) in [6.07, 6.45) is 3.33. The van der Waals surface area contributed by atoms with E-state index in [1.54, 1.807) is 24.5 Å². The highest BCUT2D eigenvalue weighted by Gasteiger charge is 2.17. The molecule has 0 aliphatic heterocycles. The molecule has 6 nitrogen and oxygen atoms in total. The molecule has 1 N–H and O–H groups in total. The summed E-state index contributed by atoms with van der Waals surface area (Å²) in [5, 5.41) is 2.94. The minimum absolute atomic E-state index is 0.173. The van der Waals surface area contributed by atoms with Gasteiger partial charge < -0.3 is 14.6 Å². The van der Waals surface area contributed by atoms with E-state index in [0.29, 0.717) is 23.7 Å². The molecule has 1 aromatic carbocycles. The lowest BCUT2D eigenvalue weighted by Gasteiger charge is -2.10. The van der Waals surface area contributed by atoms with E-state index < -0.39 is 0 Å². The largest absolute Gasteiger partial charge is 0.439 e. The predicted octanol–water partition coefficient (Wildman–Crippen LogP) is 4.75. The Labute approximate surface area is 179 Å². The molecular weight excluding hydrogens is 395 g/mol. The standard InChI is InChI=1S/C24H21FN4O2/c1-16-13-21(17(2)29(16)22-5-3-4-11-26-22)24(30)28-15-18-10-12-27-23(14-18)31-20-8-6-19(25)7-9-20/h3-14H,15H2,1-2H3,(H,28,30). The zero-order valence-corrected chi connectivity index (χ0v) is 17.2. The summed E-state index contributed by atoms with van der Waals surface area (Å²) < 4.78 is 20.6. The van der Waals surface area contributed by atoms with Crippen LogP contribution in [0.15, 0.2) is 73.1 Å². The van der Waals surface area contributed by atoms with Gasteiger partial charge in [-0.3, -0.25) is 4.79 Å². The molecule has 7 heteroatoms. The number of carbonyl (C=O) groups excluding carboxylic acids is 1. The maximum Gasteiger partial charge on any atom is 0.253 e. The van der Waals surface area contributed by atoms with Gasteiger partial charge in [0.25, 0.3) is 5.91 Å². The van der Waals surface area contributed by atoms with Gasteiger partial charge in [0.05, 0.1) is 5.56 Å². The van der Waals surface area contributed by atoms with Crippen LogP contribution in [0, 0.1) is 19.7 Å². The fourth-order valence-corrected chi connectivity index (χ4v) is 3.35. The van der Waals surface area contributed by atoms with Crippen molar-refractivity contribution in [1.82, 2.24) is 19.9 Å². The van der Waals surface area contributed by atoms with Gasteiger partial charge in [-0.05, 0) is 67.9 Å². The van der Waals surface area contributed by atoms with E-state index >= 15 is 0 Å². The summed E-state index contributed by atoms with van der Waals surface area (Å²) in [5.41, 5.74) is 3.18. The molecule has 0 spiro atoms. The van der Waals surface area contributed by atoms with Gasteiger partial charge >= 0.3 is 0 Å². The van der Waals surface area contributed by atoms with E-state index in [0.717, 1.165) is 22.8 Å². The van der Waals surface area contributed by atoms with Crippen LogP contribution in [0.5, 0.6) is 11.6 Å². The van der Waals surface area contributed by atoms with Crippen molar-refractivity contribution in [3.05, 3.63) is 101 Å². The van der Waals surface area contributed by atoms with Crippen LogP contribution < -0.4 is 10.1 Å². The summed E-state index contributed by atoms with van der Waals surface area (Å²) in [7, 11) is 0. The van der Waals surface area contributed by atoms with Crippen LogP contribution in [0.3, 0.4) is 0 Å². The molecule has 0 bridgehead atoms. The van der Waals surface area contributed by atoms with Crippen LogP contribution in [0.1, 0.15) is 27.3 Å². The Morgan fingerprint density at radius 3 is 2.58 bits per heavy atom. The number of halogens is 1. The Hall–Kier alpha value is -4.00. The fourth-order valence-electron chi connectivity index (χ4n) is 3.35. The molecule has 0 radical (unpaired) electrons. The molecule has 0 unspecified atom stereocenters. The van der Waals surface area contributed by atoms with Crippen molar-refractivity contribution in [3.63, 3.8) is 0 Å². The molecule has 1 amide bonds. The summed E-state index contributed by atoms with van der Waals surface area (Å²) in [6.45, 7) is 4.16. The lowest BCUT2D eigenvalue weighted by atomic mass is 10.2. The molecule has 0 atom stereocenters. The fraction of sp³-hybridized carbons (Fsp3) is 0.125. The number of ether oxygens (including phenoxy) is 1. The molecule has 0 saturated heterocycles. The Bertz CT molecular complexity index is 1200. The highest BCUT2D eigenvalue weighted by atomic mass is 19.1. The maximum atomic E-state index is 13.0. The molecule has 0 aliphatic rings. The first-order chi connectivity index (χ1) is 15.0. The third-order valence-electron chi connectivity index (χ3n) is 4.84. The summed E-state index contributed by atoms with van der Waals surface area (Å²) >= 11 is 0. The average Bonchev–Trinajstić information content (AvgIpc) is 3.08. The van der Waals surface area contributed by atoms with Crippen LogP contribution in [-0.4, -0.2) is 20.4 Å². The Morgan fingerprint density at radius 1 is 1.03 bits per heavy atom. The van der Waals surface area contributed by atoms with Gasteiger partial charge in [-0.2, -0.15) is 0 Å². The number of rotatable bonds is 6. The zero-order valence-electron chi connectivity index (χ0n) is 17.2. The second-order valence-electron chi connectivity index (χ2n) is 7.05.